The van der Waals surface area contributed by atoms with Gasteiger partial charge in [-0.1, -0.05) is 147 Å². The molecule has 0 aliphatic rings. The van der Waals surface area contributed by atoms with Crippen LogP contribution in [0, 0.1) is 18.5 Å². The van der Waals surface area contributed by atoms with Crippen LogP contribution in [0.1, 0.15) is 26.3 Å². The molecule has 0 fully saturated rings. The number of aromatic nitrogens is 9. The average Bonchev–Trinajstić information content (AvgIpc) is 4.15. The van der Waals surface area contributed by atoms with Crippen molar-refractivity contribution in [2.24, 2.45) is 0 Å². The number of benzene rings is 8. The van der Waals surface area contributed by atoms with E-state index in [9.17, 15) is 0 Å². The molecule has 72 heavy (non-hydrogen) atoms. The number of nitrogens with zero attached hydrogens (tertiary/aromatic N) is 9. The zero-order chi connectivity index (χ0) is 47.4. The first kappa shape index (κ1) is 43.3. The zero-order valence-corrected chi connectivity index (χ0v) is 41.5. The van der Waals surface area contributed by atoms with Gasteiger partial charge in [-0.05, 0) is 58.8 Å². The summed E-state index contributed by atoms with van der Waals surface area (Å²) in [5, 5.41) is 6.62. The van der Waals surface area contributed by atoms with Gasteiger partial charge < -0.3 is 13.9 Å². The minimum atomic E-state index is -0.0465. The van der Waals surface area contributed by atoms with Crippen molar-refractivity contribution in [1.82, 2.24) is 38.2 Å². The Bertz CT molecular complexity index is 4220. The molecule has 348 valence electrons. The second-order valence-corrected chi connectivity index (χ2v) is 18.8. The molecule has 0 aliphatic heterocycles. The second kappa shape index (κ2) is 16.7. The first-order valence-electron chi connectivity index (χ1n) is 23.7. The van der Waals surface area contributed by atoms with Crippen LogP contribution < -0.4 is 9.30 Å². The third kappa shape index (κ3) is 6.85. The SMILES string of the molecule is CC(C)(C)c1ccnc(-n2c3[c-]c(Oc4[c-]c(-n5[c-][n+](-c6nc(-n7c8ccccc8c8ccccc87)nc(-n7c8ccccc8c8ccccc87)n6)c6ccccc65)ccc4)ccc3c3ccccc32)c1.[Pt]. The number of hydrogen-bond acceptors (Lipinski definition) is 5. The number of fused-ring (bicyclic) bond motifs is 10. The van der Waals surface area contributed by atoms with Gasteiger partial charge in [0, 0.05) is 76.9 Å². The summed E-state index contributed by atoms with van der Waals surface area (Å²) in [4.78, 5) is 20.9. The number of pyridine rings is 1. The molecular formula is C61H41N9OPt-2. The second-order valence-electron chi connectivity index (χ2n) is 18.8. The Labute approximate surface area is 427 Å². The van der Waals surface area contributed by atoms with E-state index in [2.05, 4.69) is 205 Å². The van der Waals surface area contributed by atoms with Crippen LogP contribution in [0.2, 0.25) is 0 Å². The average molecular weight is 1110 g/mol. The van der Waals surface area contributed by atoms with Crippen molar-refractivity contribution < 1.29 is 30.4 Å². The third-order valence-electron chi connectivity index (χ3n) is 13.5. The summed E-state index contributed by atoms with van der Waals surface area (Å²) in [5.41, 5.74) is 9.48. The monoisotopic (exact) mass is 1110 g/mol. The largest absolute Gasteiger partial charge is 0.510 e. The van der Waals surface area contributed by atoms with E-state index in [-0.39, 0.29) is 26.5 Å². The van der Waals surface area contributed by atoms with Crippen molar-refractivity contribution in [1.29, 1.82) is 0 Å². The molecule has 11 heteroatoms. The van der Waals surface area contributed by atoms with E-state index in [4.69, 9.17) is 24.7 Å². The molecule has 14 rings (SSSR count). The maximum Gasteiger partial charge on any atom is 0.329 e. The predicted octanol–water partition coefficient (Wildman–Crippen LogP) is 13.3. The number of para-hydroxylation sites is 7. The molecule has 0 bridgehead atoms. The van der Waals surface area contributed by atoms with Gasteiger partial charge in [0.25, 0.3) is 11.9 Å². The van der Waals surface area contributed by atoms with Crippen molar-refractivity contribution in [2.75, 3.05) is 0 Å². The fourth-order valence-electron chi connectivity index (χ4n) is 10.2. The van der Waals surface area contributed by atoms with E-state index in [1.54, 1.807) is 0 Å². The van der Waals surface area contributed by atoms with Gasteiger partial charge in [0.1, 0.15) is 5.82 Å². The van der Waals surface area contributed by atoms with Crippen LogP contribution in [0.25, 0.3) is 106 Å². The van der Waals surface area contributed by atoms with Gasteiger partial charge >= 0.3 is 5.95 Å². The Morgan fingerprint density at radius 3 is 1.54 bits per heavy atom. The van der Waals surface area contributed by atoms with E-state index < -0.39 is 0 Å². The van der Waals surface area contributed by atoms with Crippen molar-refractivity contribution in [2.45, 2.75) is 26.2 Å². The van der Waals surface area contributed by atoms with Crippen LogP contribution in [-0.4, -0.2) is 38.2 Å². The molecule has 0 N–H and O–H groups in total. The van der Waals surface area contributed by atoms with E-state index in [1.807, 2.05) is 51.7 Å². The van der Waals surface area contributed by atoms with Gasteiger partial charge in [-0.2, -0.15) is 23.2 Å². The molecule has 6 heterocycles. The molecule has 10 nitrogen and oxygen atoms in total. The molecule has 0 aliphatic carbocycles. The fraction of sp³-hybridized carbons (Fsp3) is 0.0656. The molecular weight excluding hydrogens is 1070 g/mol. The molecule has 0 spiro atoms. The molecule has 8 aromatic carbocycles. The molecule has 0 atom stereocenters. The van der Waals surface area contributed by atoms with Crippen LogP contribution in [0.3, 0.4) is 0 Å². The van der Waals surface area contributed by atoms with Crippen molar-refractivity contribution >= 4 is 76.5 Å². The van der Waals surface area contributed by atoms with Gasteiger partial charge in [-0.3, -0.25) is 13.7 Å². The molecule has 0 saturated heterocycles. The number of hydrogen-bond donors (Lipinski definition) is 0. The molecule has 0 saturated carbocycles. The zero-order valence-electron chi connectivity index (χ0n) is 39.2. The van der Waals surface area contributed by atoms with E-state index in [0.717, 1.165) is 88.0 Å². The van der Waals surface area contributed by atoms with Crippen molar-refractivity contribution in [3.05, 3.63) is 218 Å². The Kier molecular flexibility index (Phi) is 10.1. The molecule has 0 amide bonds. The van der Waals surface area contributed by atoms with Crippen LogP contribution >= 0.6 is 0 Å². The molecule has 14 aromatic rings. The molecule has 0 unspecified atom stereocenters. The quantitative estimate of drug-likeness (QED) is 0.117. The van der Waals surface area contributed by atoms with E-state index in [0.29, 0.717) is 29.3 Å². The summed E-state index contributed by atoms with van der Waals surface area (Å²) in [6.07, 6.45) is 5.53. The van der Waals surface area contributed by atoms with Crippen LogP contribution in [0.15, 0.2) is 194 Å². The van der Waals surface area contributed by atoms with Crippen LogP contribution in [0.5, 0.6) is 11.5 Å². The van der Waals surface area contributed by atoms with Crippen LogP contribution in [0.4, 0.5) is 0 Å². The van der Waals surface area contributed by atoms with E-state index in [1.165, 1.54) is 5.56 Å². The molecule has 0 radical (unpaired) electrons. The number of ether oxygens (including phenoxy) is 1. The van der Waals surface area contributed by atoms with Gasteiger partial charge in [-0.15, -0.1) is 39.6 Å². The van der Waals surface area contributed by atoms with Gasteiger partial charge in [0.05, 0.1) is 22.1 Å². The van der Waals surface area contributed by atoms with Gasteiger partial charge in [0.2, 0.25) is 0 Å². The Morgan fingerprint density at radius 2 is 0.972 bits per heavy atom. The summed E-state index contributed by atoms with van der Waals surface area (Å²) in [6.45, 7) is 6.65. The maximum atomic E-state index is 6.65. The Hall–Kier alpha value is -8.72. The first-order valence-corrected chi connectivity index (χ1v) is 23.7. The van der Waals surface area contributed by atoms with Gasteiger partial charge in [0.15, 0.2) is 6.33 Å². The minimum absolute atomic E-state index is 0. The number of rotatable bonds is 7. The summed E-state index contributed by atoms with van der Waals surface area (Å²) >= 11 is 0. The standard InChI is InChI=1S/C61H41N9O.Pt/c1-61(2,3)39-33-34-62-57(35-39)68-49-24-9-4-23-47(49)48-32-31-42(37-56(48)68)71-41-18-16-17-40(36-41)66-38-67(55-30-15-14-29-54(55)66)58-63-59(69-50-25-10-5-19-43(50)44-20-6-11-26-51(44)69)65-60(64-58)70-52-27-12-7-21-45(52)46-22-8-13-28-53(46)70;/h4-35H,1-3H3;/q-2;. The third-order valence-corrected chi connectivity index (χ3v) is 13.5. The molecule has 6 aromatic heterocycles. The minimum Gasteiger partial charge on any atom is -0.510 e. The van der Waals surface area contributed by atoms with Crippen LogP contribution in [-0.2, 0) is 26.5 Å². The topological polar surface area (TPSA) is 84.4 Å². The first-order chi connectivity index (χ1) is 34.8. The summed E-state index contributed by atoms with van der Waals surface area (Å²) in [6, 6.07) is 71.5. The van der Waals surface area contributed by atoms with Crippen molar-refractivity contribution in [3.63, 3.8) is 0 Å². The number of imidazole rings is 1. The smallest absolute Gasteiger partial charge is 0.329 e. The summed E-state index contributed by atoms with van der Waals surface area (Å²) < 4.78 is 17.0. The van der Waals surface area contributed by atoms with Crippen molar-refractivity contribution in [3.8, 4) is 40.8 Å². The fourth-order valence-corrected chi connectivity index (χ4v) is 10.2. The summed E-state index contributed by atoms with van der Waals surface area (Å²) in [7, 11) is 0. The Morgan fingerprint density at radius 1 is 0.472 bits per heavy atom. The maximum absolute atomic E-state index is 6.65. The normalized spacial score (nSPS) is 12.0. The Balaban J connectivity index is 0.00000504. The van der Waals surface area contributed by atoms with Gasteiger partial charge in [-0.25, -0.2) is 4.98 Å². The van der Waals surface area contributed by atoms with E-state index >= 15 is 0 Å². The predicted molar refractivity (Wildman–Crippen MR) is 281 cm³/mol. The summed E-state index contributed by atoms with van der Waals surface area (Å²) in [5.74, 6) is 3.27.